The fourth-order valence-electron chi connectivity index (χ4n) is 5.43. The molecule has 1 aliphatic rings. The molecule has 7 nitrogen and oxygen atoms in total. The molecule has 0 amide bonds. The average Bonchev–Trinajstić information content (AvgIpc) is 3.37. The van der Waals surface area contributed by atoms with Gasteiger partial charge in [0.15, 0.2) is 0 Å². The van der Waals surface area contributed by atoms with E-state index in [9.17, 15) is 31.4 Å². The zero-order chi connectivity index (χ0) is 30.7. The maximum absolute atomic E-state index is 13.6. The normalized spacial score (nSPS) is 17.4. The van der Waals surface area contributed by atoms with E-state index in [-0.39, 0.29) is 49.7 Å². The van der Waals surface area contributed by atoms with E-state index in [1.165, 1.54) is 16.7 Å². The fourth-order valence-corrected chi connectivity index (χ4v) is 5.84. The molecular formula is C28H34BrClF6N6O. The van der Waals surface area contributed by atoms with Crippen molar-refractivity contribution in [1.29, 1.82) is 0 Å². The third-order valence-corrected chi connectivity index (χ3v) is 8.12. The minimum absolute atomic E-state index is 0. The second kappa shape index (κ2) is 14.5. The molecule has 1 aromatic heterocycles. The summed E-state index contributed by atoms with van der Waals surface area (Å²) in [4.78, 5) is 4.94. The summed E-state index contributed by atoms with van der Waals surface area (Å²) in [5.41, 5.74) is -1.25. The Morgan fingerprint density at radius 2 is 1.51 bits per heavy atom. The van der Waals surface area contributed by atoms with Gasteiger partial charge in [0.25, 0.3) is 5.95 Å². The number of benzene rings is 2. The highest BCUT2D eigenvalue weighted by Crippen LogP contribution is 2.37. The number of anilines is 2. The molecule has 43 heavy (non-hydrogen) atoms. The molecule has 1 fully saturated rings. The Morgan fingerprint density at radius 1 is 0.907 bits per heavy atom. The van der Waals surface area contributed by atoms with Crippen molar-refractivity contribution in [1.82, 2.24) is 20.2 Å². The fraction of sp³-hybridized carbons (Fsp3) is 0.536. The molecule has 1 saturated carbocycles. The van der Waals surface area contributed by atoms with Crippen LogP contribution in [0.1, 0.15) is 54.9 Å². The molecule has 1 heterocycles. The number of hydrogen-bond acceptors (Lipinski definition) is 6. The van der Waals surface area contributed by atoms with E-state index in [0.29, 0.717) is 18.4 Å². The van der Waals surface area contributed by atoms with Gasteiger partial charge in [-0.15, -0.1) is 17.5 Å². The van der Waals surface area contributed by atoms with Crippen LogP contribution in [0.5, 0.6) is 0 Å². The summed E-state index contributed by atoms with van der Waals surface area (Å²) in [5.74, 6) is 0.842. The summed E-state index contributed by atoms with van der Waals surface area (Å²) in [5, 5.41) is 21.5. The van der Waals surface area contributed by atoms with Crippen LogP contribution >= 0.6 is 28.3 Å². The van der Waals surface area contributed by atoms with E-state index >= 15 is 0 Å². The first-order valence-corrected chi connectivity index (χ1v) is 14.5. The number of nitrogens with zero attached hydrogens (tertiary/aromatic N) is 6. The van der Waals surface area contributed by atoms with Crippen molar-refractivity contribution in [3.8, 4) is 0 Å². The molecule has 15 heteroatoms. The van der Waals surface area contributed by atoms with E-state index in [0.717, 1.165) is 60.1 Å². The zero-order valence-corrected chi connectivity index (χ0v) is 26.1. The van der Waals surface area contributed by atoms with Crippen molar-refractivity contribution in [2.75, 3.05) is 29.5 Å². The smallest absolute Gasteiger partial charge is 0.396 e. The van der Waals surface area contributed by atoms with Gasteiger partial charge in [-0.2, -0.15) is 31.1 Å². The quantitative estimate of drug-likeness (QED) is 0.225. The van der Waals surface area contributed by atoms with Crippen molar-refractivity contribution < 1.29 is 31.4 Å². The van der Waals surface area contributed by atoms with Crippen LogP contribution in [0.4, 0.5) is 38.0 Å². The molecule has 4 rings (SSSR count). The molecule has 0 spiro atoms. The first-order chi connectivity index (χ1) is 19.8. The van der Waals surface area contributed by atoms with E-state index in [1.807, 2.05) is 25.1 Å². The zero-order valence-electron chi connectivity index (χ0n) is 23.7. The Morgan fingerprint density at radius 3 is 2.02 bits per heavy atom. The standard InChI is InChI=1S/C28H33BrF6N6O.ClH/c1-3-40(14-18-4-6-19(17-42)7-5-18)25-9-8-24(29)12-21(25)16-41(26-36-38-39(2)37-26)15-20-10-22(27(30,31)32)13-23(11-20)28(33,34)35;/h8-13,18-19,42H,3-7,14-17H2,1-2H3;1H/t18-,19-;. The number of tetrazole rings is 1. The number of alkyl halides is 6. The van der Waals surface area contributed by atoms with Gasteiger partial charge in [0, 0.05) is 42.9 Å². The molecule has 1 aliphatic carbocycles. The maximum Gasteiger partial charge on any atom is 0.416 e. The van der Waals surface area contributed by atoms with Gasteiger partial charge in [0.2, 0.25) is 0 Å². The predicted molar refractivity (Wildman–Crippen MR) is 157 cm³/mol. The number of aromatic nitrogens is 4. The number of aryl methyl sites for hydroxylation is 1. The Balaban J connectivity index is 0.00000506. The van der Waals surface area contributed by atoms with Crippen molar-refractivity contribution in [2.45, 2.75) is 58.0 Å². The first-order valence-electron chi connectivity index (χ1n) is 13.7. The monoisotopic (exact) mass is 698 g/mol. The van der Waals surface area contributed by atoms with Gasteiger partial charge in [-0.1, -0.05) is 21.0 Å². The summed E-state index contributed by atoms with van der Waals surface area (Å²) in [6, 6.07) is 7.31. The number of halogens is 8. The van der Waals surface area contributed by atoms with Gasteiger partial charge in [0.1, 0.15) is 0 Å². The summed E-state index contributed by atoms with van der Waals surface area (Å²) in [7, 11) is 1.52. The molecule has 238 valence electrons. The van der Waals surface area contributed by atoms with Gasteiger partial charge < -0.3 is 14.9 Å². The van der Waals surface area contributed by atoms with Gasteiger partial charge in [0.05, 0.1) is 18.2 Å². The number of aliphatic hydroxyl groups excluding tert-OH is 1. The number of rotatable bonds is 10. The highest BCUT2D eigenvalue weighted by atomic mass is 79.9. The molecule has 0 atom stereocenters. The lowest BCUT2D eigenvalue weighted by molar-refractivity contribution is -0.143. The Bertz CT molecular complexity index is 1310. The van der Waals surface area contributed by atoms with Crippen LogP contribution < -0.4 is 9.80 Å². The summed E-state index contributed by atoms with van der Waals surface area (Å²) in [6.45, 7) is 3.50. The first kappa shape index (κ1) is 34.9. The minimum atomic E-state index is -4.96. The molecule has 0 saturated heterocycles. The van der Waals surface area contributed by atoms with Crippen LogP contribution in [0, 0.1) is 11.8 Å². The topological polar surface area (TPSA) is 70.3 Å². The molecule has 0 unspecified atom stereocenters. The van der Waals surface area contributed by atoms with Gasteiger partial charge in [-0.05, 0) is 97.2 Å². The van der Waals surface area contributed by atoms with Crippen LogP contribution in [-0.2, 0) is 32.5 Å². The van der Waals surface area contributed by atoms with Crippen LogP contribution in [0.15, 0.2) is 40.9 Å². The summed E-state index contributed by atoms with van der Waals surface area (Å²) in [6.07, 6.45) is -5.98. The van der Waals surface area contributed by atoms with Gasteiger partial charge in [-0.25, -0.2) is 0 Å². The Hall–Kier alpha value is -2.58. The minimum Gasteiger partial charge on any atom is -0.396 e. The van der Waals surface area contributed by atoms with Crippen LogP contribution in [0.2, 0.25) is 0 Å². The van der Waals surface area contributed by atoms with Crippen molar-refractivity contribution in [3.05, 3.63) is 63.1 Å². The average molecular weight is 700 g/mol. The lowest BCUT2D eigenvalue weighted by Gasteiger charge is -2.34. The second-order valence-electron chi connectivity index (χ2n) is 10.7. The van der Waals surface area contributed by atoms with E-state index < -0.39 is 23.5 Å². The molecule has 1 N–H and O–H groups in total. The highest BCUT2D eigenvalue weighted by molar-refractivity contribution is 9.10. The third-order valence-electron chi connectivity index (χ3n) is 7.63. The van der Waals surface area contributed by atoms with Gasteiger partial charge >= 0.3 is 12.4 Å². The highest BCUT2D eigenvalue weighted by Gasteiger charge is 2.37. The van der Waals surface area contributed by atoms with Crippen molar-refractivity contribution >= 4 is 40.0 Å². The molecule has 2 aromatic carbocycles. The Kier molecular flexibility index (Phi) is 11.7. The molecular weight excluding hydrogens is 666 g/mol. The van der Waals surface area contributed by atoms with Gasteiger partial charge in [-0.3, -0.25) is 0 Å². The van der Waals surface area contributed by atoms with Crippen LogP contribution in [0.25, 0.3) is 0 Å². The molecule has 3 aromatic rings. The largest absolute Gasteiger partial charge is 0.416 e. The molecule has 0 radical (unpaired) electrons. The van der Waals surface area contributed by atoms with Crippen molar-refractivity contribution in [2.24, 2.45) is 18.9 Å². The third kappa shape index (κ3) is 9.21. The SMILES string of the molecule is CCN(C[C@H]1CC[C@H](CO)CC1)c1ccc(Br)cc1CN(Cc1cc(C(F)(F)F)cc(C(F)(F)F)c1)c1nnn(C)n1.Cl. The second-order valence-corrected chi connectivity index (χ2v) is 11.6. The lowest BCUT2D eigenvalue weighted by Crippen LogP contribution is -2.33. The lowest BCUT2D eigenvalue weighted by atomic mass is 9.82. The van der Waals surface area contributed by atoms with Crippen LogP contribution in [-0.4, -0.2) is 45.0 Å². The number of aliphatic hydroxyl groups is 1. The summed E-state index contributed by atoms with van der Waals surface area (Å²) < 4.78 is 82.2. The molecule has 0 aliphatic heterocycles. The molecule has 0 bridgehead atoms. The van der Waals surface area contributed by atoms with E-state index in [1.54, 1.807) is 0 Å². The van der Waals surface area contributed by atoms with E-state index in [2.05, 4.69) is 36.2 Å². The van der Waals surface area contributed by atoms with E-state index in [4.69, 9.17) is 0 Å². The predicted octanol–water partition coefficient (Wildman–Crippen LogP) is 7.26. The van der Waals surface area contributed by atoms with Crippen LogP contribution in [0.3, 0.4) is 0 Å². The van der Waals surface area contributed by atoms with Crippen molar-refractivity contribution in [3.63, 3.8) is 0 Å². The Labute approximate surface area is 260 Å². The number of hydrogen-bond donors (Lipinski definition) is 1. The summed E-state index contributed by atoms with van der Waals surface area (Å²) >= 11 is 3.50. The maximum atomic E-state index is 13.6.